The van der Waals surface area contributed by atoms with Crippen molar-refractivity contribution in [1.82, 2.24) is 0 Å². The summed E-state index contributed by atoms with van der Waals surface area (Å²) in [6.07, 6.45) is 0.969. The average Bonchev–Trinajstić information content (AvgIpc) is 2.83. The lowest BCUT2D eigenvalue weighted by atomic mass is 10.1. The summed E-state index contributed by atoms with van der Waals surface area (Å²) in [4.78, 5) is 0. The minimum Gasteiger partial charge on any atom is -0.491 e. The zero-order chi connectivity index (χ0) is 13.1. The van der Waals surface area contributed by atoms with Crippen LogP contribution in [0.2, 0.25) is 0 Å². The summed E-state index contributed by atoms with van der Waals surface area (Å²) in [6.45, 7) is 3.99. The molecule has 1 aliphatic rings. The second-order valence-corrected chi connectivity index (χ2v) is 4.66. The Morgan fingerprint density at radius 1 is 0.947 bits per heavy atom. The standard InChI is InChI=1S/C17H18O2/c1-2-18-10-11-19-17-9-5-8-15-14-7-4-3-6-13(14)12-16(15)17/h3-9H,2,10-12H2,1H3. The first kappa shape index (κ1) is 12.2. The molecule has 19 heavy (non-hydrogen) atoms. The van der Waals surface area contributed by atoms with Crippen molar-refractivity contribution >= 4 is 0 Å². The Kier molecular flexibility index (Phi) is 3.51. The van der Waals surface area contributed by atoms with E-state index in [0.29, 0.717) is 13.2 Å². The molecule has 2 aromatic carbocycles. The quantitative estimate of drug-likeness (QED) is 0.647. The molecule has 0 amide bonds. The van der Waals surface area contributed by atoms with Crippen LogP contribution in [-0.4, -0.2) is 19.8 Å². The Labute approximate surface area is 114 Å². The monoisotopic (exact) mass is 254 g/mol. The van der Waals surface area contributed by atoms with E-state index in [1.807, 2.05) is 6.92 Å². The molecular weight excluding hydrogens is 236 g/mol. The first-order chi connectivity index (χ1) is 9.40. The minimum absolute atomic E-state index is 0.612. The van der Waals surface area contributed by atoms with E-state index in [1.54, 1.807) is 0 Å². The molecule has 0 heterocycles. The first-order valence-electron chi connectivity index (χ1n) is 6.81. The fraction of sp³-hybridized carbons (Fsp3) is 0.294. The fourth-order valence-electron chi connectivity index (χ4n) is 2.62. The molecule has 0 saturated heterocycles. The van der Waals surface area contributed by atoms with Gasteiger partial charge >= 0.3 is 0 Å². The largest absolute Gasteiger partial charge is 0.491 e. The summed E-state index contributed by atoms with van der Waals surface area (Å²) < 4.78 is 11.2. The van der Waals surface area contributed by atoms with Crippen LogP contribution in [0.15, 0.2) is 42.5 Å². The van der Waals surface area contributed by atoms with Crippen molar-refractivity contribution in [2.45, 2.75) is 13.3 Å². The predicted molar refractivity (Wildman–Crippen MR) is 76.7 cm³/mol. The molecule has 0 N–H and O–H groups in total. The van der Waals surface area contributed by atoms with Crippen molar-refractivity contribution in [3.8, 4) is 16.9 Å². The molecule has 2 nitrogen and oxygen atoms in total. The van der Waals surface area contributed by atoms with Gasteiger partial charge in [-0.05, 0) is 29.7 Å². The molecule has 0 unspecified atom stereocenters. The third kappa shape index (κ3) is 2.36. The van der Waals surface area contributed by atoms with Crippen molar-refractivity contribution in [3.05, 3.63) is 53.6 Å². The van der Waals surface area contributed by atoms with Gasteiger partial charge < -0.3 is 9.47 Å². The highest BCUT2D eigenvalue weighted by atomic mass is 16.5. The van der Waals surface area contributed by atoms with Crippen LogP contribution in [-0.2, 0) is 11.2 Å². The normalized spacial score (nSPS) is 12.1. The SMILES string of the molecule is CCOCCOc1cccc2c1Cc1ccccc1-2. The Morgan fingerprint density at radius 2 is 1.79 bits per heavy atom. The van der Waals surface area contributed by atoms with Crippen molar-refractivity contribution in [2.24, 2.45) is 0 Å². The summed E-state index contributed by atoms with van der Waals surface area (Å²) in [5.74, 6) is 0.994. The van der Waals surface area contributed by atoms with Crippen molar-refractivity contribution in [2.75, 3.05) is 19.8 Å². The smallest absolute Gasteiger partial charge is 0.123 e. The Balaban J connectivity index is 1.82. The third-order valence-electron chi connectivity index (χ3n) is 3.50. The molecule has 0 aliphatic heterocycles. The lowest BCUT2D eigenvalue weighted by molar-refractivity contribution is 0.110. The van der Waals surface area contributed by atoms with Crippen LogP contribution in [0.1, 0.15) is 18.1 Å². The summed E-state index contributed by atoms with van der Waals surface area (Å²) in [6, 6.07) is 14.9. The van der Waals surface area contributed by atoms with Crippen LogP contribution < -0.4 is 4.74 Å². The molecule has 3 rings (SSSR count). The van der Waals surface area contributed by atoms with Gasteiger partial charge in [-0.2, -0.15) is 0 Å². The number of hydrogen-bond acceptors (Lipinski definition) is 2. The van der Waals surface area contributed by atoms with Gasteiger partial charge in [0.25, 0.3) is 0 Å². The summed E-state index contributed by atoms with van der Waals surface area (Å²) in [5, 5.41) is 0. The predicted octanol–water partition coefficient (Wildman–Crippen LogP) is 3.67. The van der Waals surface area contributed by atoms with E-state index in [9.17, 15) is 0 Å². The number of benzene rings is 2. The average molecular weight is 254 g/mol. The summed E-state index contributed by atoms with van der Waals surface area (Å²) >= 11 is 0. The number of fused-ring (bicyclic) bond motifs is 3. The number of ether oxygens (including phenoxy) is 2. The van der Waals surface area contributed by atoms with Crippen molar-refractivity contribution in [3.63, 3.8) is 0 Å². The molecule has 1 aliphatic carbocycles. The molecule has 98 valence electrons. The van der Waals surface area contributed by atoms with E-state index < -0.39 is 0 Å². The van der Waals surface area contributed by atoms with Gasteiger partial charge in [-0.3, -0.25) is 0 Å². The zero-order valence-corrected chi connectivity index (χ0v) is 11.2. The molecule has 0 bridgehead atoms. The summed E-state index contributed by atoms with van der Waals surface area (Å²) in [5.41, 5.74) is 5.34. The molecule has 0 saturated carbocycles. The Morgan fingerprint density at radius 3 is 2.68 bits per heavy atom. The second-order valence-electron chi connectivity index (χ2n) is 4.66. The van der Waals surface area contributed by atoms with Crippen LogP contribution in [0.3, 0.4) is 0 Å². The summed E-state index contributed by atoms with van der Waals surface area (Å²) in [7, 11) is 0. The van der Waals surface area contributed by atoms with E-state index in [4.69, 9.17) is 9.47 Å². The molecule has 0 radical (unpaired) electrons. The highest BCUT2D eigenvalue weighted by molar-refractivity contribution is 5.78. The van der Waals surface area contributed by atoms with E-state index in [0.717, 1.165) is 18.8 Å². The Hall–Kier alpha value is -1.80. The maximum absolute atomic E-state index is 5.86. The van der Waals surface area contributed by atoms with Crippen molar-refractivity contribution < 1.29 is 9.47 Å². The molecule has 0 fully saturated rings. The van der Waals surface area contributed by atoms with Crippen molar-refractivity contribution in [1.29, 1.82) is 0 Å². The van der Waals surface area contributed by atoms with E-state index in [2.05, 4.69) is 42.5 Å². The van der Waals surface area contributed by atoms with Gasteiger partial charge in [-0.15, -0.1) is 0 Å². The van der Waals surface area contributed by atoms with Gasteiger partial charge in [-0.1, -0.05) is 36.4 Å². The van der Waals surface area contributed by atoms with E-state index in [1.165, 1.54) is 22.3 Å². The van der Waals surface area contributed by atoms with Crippen LogP contribution >= 0.6 is 0 Å². The highest BCUT2D eigenvalue weighted by Gasteiger charge is 2.20. The lowest BCUT2D eigenvalue weighted by Gasteiger charge is -2.10. The van der Waals surface area contributed by atoms with Crippen LogP contribution in [0.4, 0.5) is 0 Å². The topological polar surface area (TPSA) is 18.5 Å². The van der Waals surface area contributed by atoms with E-state index >= 15 is 0 Å². The van der Waals surface area contributed by atoms with Gasteiger partial charge in [0.05, 0.1) is 6.61 Å². The van der Waals surface area contributed by atoms with Gasteiger partial charge in [0.2, 0.25) is 0 Å². The maximum atomic E-state index is 5.86. The molecular formula is C17H18O2. The van der Waals surface area contributed by atoms with Gasteiger partial charge in [0, 0.05) is 18.6 Å². The van der Waals surface area contributed by atoms with Gasteiger partial charge in [0.15, 0.2) is 0 Å². The van der Waals surface area contributed by atoms with Crippen LogP contribution in [0.25, 0.3) is 11.1 Å². The molecule has 0 aromatic heterocycles. The second kappa shape index (κ2) is 5.45. The highest BCUT2D eigenvalue weighted by Crippen LogP contribution is 2.40. The first-order valence-corrected chi connectivity index (χ1v) is 6.81. The lowest BCUT2D eigenvalue weighted by Crippen LogP contribution is -2.07. The van der Waals surface area contributed by atoms with Crippen LogP contribution in [0.5, 0.6) is 5.75 Å². The number of rotatable bonds is 5. The fourth-order valence-corrected chi connectivity index (χ4v) is 2.62. The minimum atomic E-state index is 0.612. The van der Waals surface area contributed by atoms with Gasteiger partial charge in [0.1, 0.15) is 12.4 Å². The number of hydrogen-bond donors (Lipinski definition) is 0. The molecule has 0 spiro atoms. The zero-order valence-electron chi connectivity index (χ0n) is 11.2. The van der Waals surface area contributed by atoms with Gasteiger partial charge in [-0.25, -0.2) is 0 Å². The molecule has 0 atom stereocenters. The molecule has 2 aromatic rings. The maximum Gasteiger partial charge on any atom is 0.123 e. The van der Waals surface area contributed by atoms with Crippen LogP contribution in [0, 0.1) is 0 Å². The Bertz CT molecular complexity index is 575. The molecule has 2 heteroatoms. The third-order valence-corrected chi connectivity index (χ3v) is 3.50. The van der Waals surface area contributed by atoms with E-state index in [-0.39, 0.29) is 0 Å².